The summed E-state index contributed by atoms with van der Waals surface area (Å²) in [6.45, 7) is 2.03. The maximum atomic E-state index is 12.1. The van der Waals surface area contributed by atoms with Crippen molar-refractivity contribution in [2.45, 2.75) is 13.5 Å². The summed E-state index contributed by atoms with van der Waals surface area (Å²) >= 11 is 3.38. The molecule has 0 saturated carbocycles. The normalized spacial score (nSPS) is 10.1. The number of carbonyl (C=O) groups is 2. The molecular weight excluding hydrogens is 344 g/mol. The Kier molecular flexibility index (Phi) is 5.33. The topological polar surface area (TPSA) is 49.4 Å². The molecule has 0 radical (unpaired) electrons. The second-order valence-electron chi connectivity index (χ2n) is 5.05. The van der Waals surface area contributed by atoms with Crippen LogP contribution < -0.4 is 5.32 Å². The van der Waals surface area contributed by atoms with Crippen molar-refractivity contribution >= 4 is 33.4 Å². The van der Waals surface area contributed by atoms with E-state index in [4.69, 9.17) is 0 Å². The van der Waals surface area contributed by atoms with Gasteiger partial charge >= 0.3 is 6.03 Å². The summed E-state index contributed by atoms with van der Waals surface area (Å²) in [7, 11) is 1.74. The van der Waals surface area contributed by atoms with Gasteiger partial charge in [0.2, 0.25) is 0 Å². The van der Waals surface area contributed by atoms with Crippen LogP contribution in [0.1, 0.15) is 22.8 Å². The molecule has 0 aliphatic carbocycles. The minimum atomic E-state index is -0.196. The van der Waals surface area contributed by atoms with Crippen LogP contribution in [0.3, 0.4) is 0 Å². The van der Waals surface area contributed by atoms with Crippen molar-refractivity contribution in [3.05, 3.63) is 64.1 Å². The zero-order valence-corrected chi connectivity index (χ0v) is 14.1. The van der Waals surface area contributed by atoms with E-state index in [0.29, 0.717) is 17.8 Å². The Hall–Kier alpha value is -2.14. The number of rotatable bonds is 4. The van der Waals surface area contributed by atoms with Crippen LogP contribution in [0, 0.1) is 0 Å². The monoisotopic (exact) mass is 360 g/mol. The van der Waals surface area contributed by atoms with E-state index in [0.717, 1.165) is 10.0 Å². The van der Waals surface area contributed by atoms with E-state index in [1.807, 2.05) is 24.3 Å². The quantitative estimate of drug-likeness (QED) is 0.825. The number of Topliss-reactive ketones (excluding diaryl/α,β-unsaturated/α-hetero) is 1. The summed E-state index contributed by atoms with van der Waals surface area (Å²) < 4.78 is 1.01. The number of hydrogen-bond donors (Lipinski definition) is 1. The molecule has 114 valence electrons. The first-order valence-corrected chi connectivity index (χ1v) is 7.62. The Morgan fingerprint density at radius 1 is 1.05 bits per heavy atom. The first kappa shape index (κ1) is 16.2. The molecule has 22 heavy (non-hydrogen) atoms. The van der Waals surface area contributed by atoms with Gasteiger partial charge in [-0.15, -0.1) is 0 Å². The smallest absolute Gasteiger partial charge is 0.321 e. The lowest BCUT2D eigenvalue weighted by atomic mass is 10.1. The largest absolute Gasteiger partial charge is 0.323 e. The number of ketones is 1. The van der Waals surface area contributed by atoms with Crippen LogP contribution in [0.5, 0.6) is 0 Å². The molecule has 0 aliphatic heterocycles. The number of urea groups is 1. The molecule has 2 amide bonds. The van der Waals surface area contributed by atoms with Crippen LogP contribution in [0.2, 0.25) is 0 Å². The minimum absolute atomic E-state index is 0.00485. The van der Waals surface area contributed by atoms with Crippen LogP contribution in [0.15, 0.2) is 53.0 Å². The van der Waals surface area contributed by atoms with E-state index >= 15 is 0 Å². The molecule has 0 unspecified atom stereocenters. The van der Waals surface area contributed by atoms with Gasteiger partial charge < -0.3 is 10.2 Å². The Balaban J connectivity index is 1.95. The van der Waals surface area contributed by atoms with E-state index in [9.17, 15) is 9.59 Å². The number of halogens is 1. The van der Waals surface area contributed by atoms with E-state index in [1.54, 1.807) is 36.2 Å². The van der Waals surface area contributed by atoms with Crippen molar-refractivity contribution in [2.75, 3.05) is 12.4 Å². The Morgan fingerprint density at radius 2 is 1.64 bits per heavy atom. The van der Waals surface area contributed by atoms with Gasteiger partial charge in [0.05, 0.1) is 0 Å². The molecule has 2 aromatic rings. The van der Waals surface area contributed by atoms with Gasteiger partial charge in [0.15, 0.2) is 5.78 Å². The molecule has 2 rings (SSSR count). The summed E-state index contributed by atoms with van der Waals surface area (Å²) in [4.78, 5) is 25.0. The number of carbonyl (C=O) groups excluding carboxylic acids is 2. The molecule has 0 saturated heterocycles. The summed E-state index contributed by atoms with van der Waals surface area (Å²) in [6, 6.07) is 14.5. The highest BCUT2D eigenvalue weighted by Crippen LogP contribution is 2.13. The molecule has 0 fully saturated rings. The average Bonchev–Trinajstić information content (AvgIpc) is 2.50. The summed E-state index contributed by atoms with van der Waals surface area (Å²) in [5.41, 5.74) is 2.34. The minimum Gasteiger partial charge on any atom is -0.323 e. The van der Waals surface area contributed by atoms with Crippen LogP contribution in [-0.4, -0.2) is 23.8 Å². The van der Waals surface area contributed by atoms with Gasteiger partial charge in [0.1, 0.15) is 0 Å². The molecule has 0 aromatic heterocycles. The predicted molar refractivity (Wildman–Crippen MR) is 91.1 cm³/mol. The van der Waals surface area contributed by atoms with Crippen LogP contribution in [0.25, 0.3) is 0 Å². The first-order valence-electron chi connectivity index (χ1n) is 6.83. The van der Waals surface area contributed by atoms with Crippen LogP contribution >= 0.6 is 15.9 Å². The third-order valence-electron chi connectivity index (χ3n) is 3.22. The molecule has 4 nitrogen and oxygen atoms in total. The van der Waals surface area contributed by atoms with E-state index < -0.39 is 0 Å². The molecule has 5 heteroatoms. The molecule has 2 aromatic carbocycles. The zero-order valence-electron chi connectivity index (χ0n) is 12.5. The van der Waals surface area contributed by atoms with Crippen molar-refractivity contribution in [3.8, 4) is 0 Å². The molecule has 0 aliphatic rings. The van der Waals surface area contributed by atoms with E-state index in [1.165, 1.54) is 6.92 Å². The Labute approximate surface area is 138 Å². The average molecular weight is 361 g/mol. The van der Waals surface area contributed by atoms with E-state index in [2.05, 4.69) is 21.2 Å². The molecule has 0 bridgehead atoms. The summed E-state index contributed by atoms with van der Waals surface area (Å²) in [5, 5.41) is 2.81. The standard InChI is InChI=1S/C17H17BrN2O2/c1-12(21)14-5-9-16(10-6-14)19-17(22)20(2)11-13-3-7-15(18)8-4-13/h3-10H,11H2,1-2H3,(H,19,22). The summed E-state index contributed by atoms with van der Waals surface area (Å²) in [5.74, 6) is 0.00485. The number of hydrogen-bond acceptors (Lipinski definition) is 2. The zero-order chi connectivity index (χ0) is 16.1. The lowest BCUT2D eigenvalue weighted by Crippen LogP contribution is -2.30. The SMILES string of the molecule is CC(=O)c1ccc(NC(=O)N(C)Cc2ccc(Br)cc2)cc1. The number of anilines is 1. The number of benzene rings is 2. The summed E-state index contributed by atoms with van der Waals surface area (Å²) in [6.07, 6.45) is 0. The van der Waals surface area contributed by atoms with Gasteiger partial charge in [-0.05, 0) is 48.9 Å². The first-order chi connectivity index (χ1) is 10.5. The molecular formula is C17H17BrN2O2. The Bertz CT molecular complexity index is 666. The third kappa shape index (κ3) is 4.43. The van der Waals surface area contributed by atoms with E-state index in [-0.39, 0.29) is 11.8 Å². The fourth-order valence-electron chi connectivity index (χ4n) is 1.94. The second kappa shape index (κ2) is 7.22. The highest BCUT2D eigenvalue weighted by Gasteiger charge is 2.09. The second-order valence-corrected chi connectivity index (χ2v) is 5.96. The van der Waals surface area contributed by atoms with Crippen molar-refractivity contribution in [1.82, 2.24) is 4.90 Å². The van der Waals surface area contributed by atoms with Gasteiger partial charge in [-0.3, -0.25) is 4.79 Å². The van der Waals surface area contributed by atoms with Crippen LogP contribution in [0.4, 0.5) is 10.5 Å². The van der Waals surface area contributed by atoms with Crippen molar-refractivity contribution < 1.29 is 9.59 Å². The molecule has 0 heterocycles. The van der Waals surface area contributed by atoms with Gasteiger partial charge in [-0.2, -0.15) is 0 Å². The van der Waals surface area contributed by atoms with Gasteiger partial charge in [0.25, 0.3) is 0 Å². The Morgan fingerprint density at radius 3 is 2.18 bits per heavy atom. The van der Waals surface area contributed by atoms with Crippen molar-refractivity contribution in [3.63, 3.8) is 0 Å². The highest BCUT2D eigenvalue weighted by atomic mass is 79.9. The third-order valence-corrected chi connectivity index (χ3v) is 3.75. The van der Waals surface area contributed by atoms with Crippen LogP contribution in [-0.2, 0) is 6.54 Å². The predicted octanol–water partition coefficient (Wildman–Crippen LogP) is 4.32. The maximum absolute atomic E-state index is 12.1. The lowest BCUT2D eigenvalue weighted by Gasteiger charge is -2.18. The lowest BCUT2D eigenvalue weighted by molar-refractivity contribution is 0.101. The number of nitrogens with one attached hydrogen (secondary N) is 1. The van der Waals surface area contributed by atoms with Crippen molar-refractivity contribution in [1.29, 1.82) is 0 Å². The maximum Gasteiger partial charge on any atom is 0.321 e. The molecule has 1 N–H and O–H groups in total. The molecule has 0 spiro atoms. The van der Waals surface area contributed by atoms with Gasteiger partial charge in [-0.1, -0.05) is 28.1 Å². The van der Waals surface area contributed by atoms with Gasteiger partial charge in [-0.25, -0.2) is 4.79 Å². The number of nitrogens with zero attached hydrogens (tertiary/aromatic N) is 1. The van der Waals surface area contributed by atoms with Gasteiger partial charge in [0, 0.05) is 29.3 Å². The van der Waals surface area contributed by atoms with Crippen molar-refractivity contribution in [2.24, 2.45) is 0 Å². The fraction of sp³-hybridized carbons (Fsp3) is 0.176. The number of amides is 2. The highest BCUT2D eigenvalue weighted by molar-refractivity contribution is 9.10. The fourth-order valence-corrected chi connectivity index (χ4v) is 2.21. The molecule has 0 atom stereocenters.